The molecule has 3 rings (SSSR count). The van der Waals surface area contributed by atoms with Gasteiger partial charge in [-0.3, -0.25) is 0 Å². The molecule has 0 saturated carbocycles. The van der Waals surface area contributed by atoms with Crippen molar-refractivity contribution < 1.29 is 4.74 Å². The number of aromatic nitrogens is 1. The highest BCUT2D eigenvalue weighted by Gasteiger charge is 2.02. The number of benzene rings is 2. The number of halogens is 1. The molecule has 0 spiro atoms. The molecule has 0 atom stereocenters. The fourth-order valence-corrected chi connectivity index (χ4v) is 2.51. The lowest BCUT2D eigenvalue weighted by Crippen LogP contribution is -2.09. The Hall–Kier alpha value is -2.13. The highest BCUT2D eigenvalue weighted by Crippen LogP contribution is 2.21. The van der Waals surface area contributed by atoms with Gasteiger partial charge in [-0.05, 0) is 48.5 Å². The van der Waals surface area contributed by atoms with E-state index in [9.17, 15) is 0 Å². The minimum atomic E-state index is 0.755. The van der Waals surface area contributed by atoms with Gasteiger partial charge in [0.2, 0.25) is 0 Å². The minimum absolute atomic E-state index is 0.755. The first-order valence-electron chi connectivity index (χ1n) is 6.88. The first kappa shape index (κ1) is 13.8. The van der Waals surface area contributed by atoms with Crippen molar-refractivity contribution in [2.75, 3.05) is 19.0 Å². The van der Waals surface area contributed by atoms with Crippen molar-refractivity contribution >= 4 is 28.2 Å². The molecule has 3 nitrogen and oxygen atoms in total. The number of anilines is 1. The lowest BCUT2D eigenvalue weighted by Gasteiger charge is -2.09. The number of nitrogens with zero attached hydrogens (tertiary/aromatic N) is 1. The molecule has 0 radical (unpaired) electrons. The summed E-state index contributed by atoms with van der Waals surface area (Å²) in [5.41, 5.74) is 2.30. The number of rotatable bonds is 5. The van der Waals surface area contributed by atoms with Crippen LogP contribution in [0.2, 0.25) is 5.02 Å². The van der Waals surface area contributed by atoms with Gasteiger partial charge in [-0.1, -0.05) is 11.6 Å². The van der Waals surface area contributed by atoms with Crippen LogP contribution in [0.3, 0.4) is 0 Å². The van der Waals surface area contributed by atoms with E-state index in [4.69, 9.17) is 16.3 Å². The van der Waals surface area contributed by atoms with Gasteiger partial charge in [-0.25, -0.2) is 0 Å². The highest BCUT2D eigenvalue weighted by molar-refractivity contribution is 6.30. The average molecular weight is 301 g/mol. The van der Waals surface area contributed by atoms with Crippen LogP contribution in [0.4, 0.5) is 5.69 Å². The van der Waals surface area contributed by atoms with Gasteiger partial charge in [-0.15, -0.1) is 0 Å². The van der Waals surface area contributed by atoms with E-state index in [1.165, 1.54) is 10.9 Å². The Kier molecular flexibility index (Phi) is 4.02. The van der Waals surface area contributed by atoms with Gasteiger partial charge in [0, 0.05) is 40.9 Å². The molecule has 1 N–H and O–H groups in total. The van der Waals surface area contributed by atoms with Crippen LogP contribution < -0.4 is 10.1 Å². The summed E-state index contributed by atoms with van der Waals surface area (Å²) < 4.78 is 7.48. The number of ether oxygens (including phenoxy) is 1. The smallest absolute Gasteiger partial charge is 0.119 e. The molecule has 3 aromatic rings. The molecule has 0 fully saturated rings. The average Bonchev–Trinajstić information content (AvgIpc) is 2.91. The molecular formula is C17H17ClN2O. The maximum Gasteiger partial charge on any atom is 0.119 e. The Morgan fingerprint density at radius 3 is 2.67 bits per heavy atom. The summed E-state index contributed by atoms with van der Waals surface area (Å²) in [5, 5.41) is 5.34. The van der Waals surface area contributed by atoms with Crippen LogP contribution in [0, 0.1) is 0 Å². The van der Waals surface area contributed by atoms with Crippen molar-refractivity contribution in [3.05, 3.63) is 59.8 Å². The zero-order chi connectivity index (χ0) is 14.7. The Bertz CT molecular complexity index is 734. The lowest BCUT2D eigenvalue weighted by atomic mass is 10.2. The highest BCUT2D eigenvalue weighted by atomic mass is 35.5. The molecule has 4 heteroatoms. The molecule has 0 aliphatic rings. The largest absolute Gasteiger partial charge is 0.497 e. The molecule has 21 heavy (non-hydrogen) atoms. The van der Waals surface area contributed by atoms with E-state index in [1.807, 2.05) is 30.3 Å². The molecular weight excluding hydrogens is 284 g/mol. The molecule has 0 unspecified atom stereocenters. The molecule has 0 aliphatic heterocycles. The summed E-state index contributed by atoms with van der Waals surface area (Å²) in [6, 6.07) is 16.0. The molecule has 0 bridgehead atoms. The third-order valence-corrected chi connectivity index (χ3v) is 3.76. The predicted molar refractivity (Wildman–Crippen MR) is 88.4 cm³/mol. The van der Waals surface area contributed by atoms with Gasteiger partial charge in [0.25, 0.3) is 0 Å². The second kappa shape index (κ2) is 6.10. The van der Waals surface area contributed by atoms with Gasteiger partial charge in [0.15, 0.2) is 0 Å². The number of fused-ring (bicyclic) bond motifs is 1. The van der Waals surface area contributed by atoms with Crippen LogP contribution in [-0.2, 0) is 6.54 Å². The van der Waals surface area contributed by atoms with Crippen molar-refractivity contribution in [1.82, 2.24) is 4.57 Å². The fourth-order valence-electron chi connectivity index (χ4n) is 2.39. The van der Waals surface area contributed by atoms with Crippen LogP contribution in [0.1, 0.15) is 0 Å². The number of nitrogens with one attached hydrogen (secondary N) is 1. The van der Waals surface area contributed by atoms with Crippen LogP contribution in [0.15, 0.2) is 54.7 Å². The van der Waals surface area contributed by atoms with Gasteiger partial charge in [0.05, 0.1) is 7.11 Å². The maximum absolute atomic E-state index is 5.87. The molecule has 0 amide bonds. The predicted octanol–water partition coefficient (Wildman–Crippen LogP) is 4.42. The number of hydrogen-bond donors (Lipinski definition) is 1. The van der Waals surface area contributed by atoms with Crippen LogP contribution in [0.5, 0.6) is 5.75 Å². The topological polar surface area (TPSA) is 26.2 Å². The van der Waals surface area contributed by atoms with Gasteiger partial charge in [-0.2, -0.15) is 0 Å². The maximum atomic E-state index is 5.87. The van der Waals surface area contributed by atoms with Crippen LogP contribution in [-0.4, -0.2) is 18.2 Å². The van der Waals surface area contributed by atoms with E-state index in [0.717, 1.165) is 29.5 Å². The van der Waals surface area contributed by atoms with E-state index in [1.54, 1.807) is 7.11 Å². The van der Waals surface area contributed by atoms with E-state index < -0.39 is 0 Å². The van der Waals surface area contributed by atoms with Gasteiger partial charge in [0.1, 0.15) is 5.75 Å². The summed E-state index contributed by atoms with van der Waals surface area (Å²) in [6.45, 7) is 1.76. The van der Waals surface area contributed by atoms with Crippen LogP contribution >= 0.6 is 11.6 Å². The molecule has 1 heterocycles. The van der Waals surface area contributed by atoms with Gasteiger partial charge >= 0.3 is 0 Å². The van der Waals surface area contributed by atoms with Crippen molar-refractivity contribution in [2.24, 2.45) is 0 Å². The Morgan fingerprint density at radius 1 is 1.10 bits per heavy atom. The quantitative estimate of drug-likeness (QED) is 0.755. The zero-order valence-electron chi connectivity index (χ0n) is 11.8. The monoisotopic (exact) mass is 300 g/mol. The first-order chi connectivity index (χ1) is 10.3. The van der Waals surface area contributed by atoms with Crippen molar-refractivity contribution in [3.8, 4) is 5.75 Å². The van der Waals surface area contributed by atoms with Crippen molar-refractivity contribution in [3.63, 3.8) is 0 Å². The number of hydrogen-bond acceptors (Lipinski definition) is 2. The number of methoxy groups -OCH3 is 1. The summed E-state index contributed by atoms with van der Waals surface area (Å²) in [5.74, 6) is 0.888. The first-order valence-corrected chi connectivity index (χ1v) is 7.26. The summed E-state index contributed by atoms with van der Waals surface area (Å²) in [7, 11) is 1.69. The Morgan fingerprint density at radius 2 is 1.90 bits per heavy atom. The normalized spacial score (nSPS) is 10.8. The lowest BCUT2D eigenvalue weighted by molar-refractivity contribution is 0.415. The van der Waals surface area contributed by atoms with Crippen molar-refractivity contribution in [1.29, 1.82) is 0 Å². The summed E-state index contributed by atoms with van der Waals surface area (Å²) >= 11 is 5.87. The molecule has 2 aromatic carbocycles. The van der Waals surface area contributed by atoms with E-state index >= 15 is 0 Å². The van der Waals surface area contributed by atoms with Gasteiger partial charge < -0.3 is 14.6 Å². The minimum Gasteiger partial charge on any atom is -0.497 e. The molecule has 0 aliphatic carbocycles. The standard InChI is InChI=1S/C17H17ClN2O/c1-21-16-6-7-17-13(12-16)8-10-20(17)11-9-19-15-4-2-14(18)3-5-15/h2-8,10,12,19H,9,11H2,1H3. The second-order valence-electron chi connectivity index (χ2n) is 4.87. The van der Waals surface area contributed by atoms with E-state index in [-0.39, 0.29) is 0 Å². The second-order valence-corrected chi connectivity index (χ2v) is 5.30. The SMILES string of the molecule is COc1ccc2c(ccn2CCNc2ccc(Cl)cc2)c1. The van der Waals surface area contributed by atoms with Crippen LogP contribution in [0.25, 0.3) is 10.9 Å². The molecule has 1 aromatic heterocycles. The summed E-state index contributed by atoms with van der Waals surface area (Å²) in [4.78, 5) is 0. The third kappa shape index (κ3) is 3.14. The molecule has 108 valence electrons. The Labute approximate surface area is 129 Å². The van der Waals surface area contributed by atoms with E-state index in [2.05, 4.69) is 34.3 Å². The van der Waals surface area contributed by atoms with Crippen molar-refractivity contribution in [2.45, 2.75) is 6.54 Å². The third-order valence-electron chi connectivity index (χ3n) is 3.50. The zero-order valence-corrected chi connectivity index (χ0v) is 12.6. The fraction of sp³-hybridized carbons (Fsp3) is 0.176. The Balaban J connectivity index is 1.66. The van der Waals surface area contributed by atoms with E-state index in [0.29, 0.717) is 0 Å². The molecule has 0 saturated heterocycles. The summed E-state index contributed by atoms with van der Waals surface area (Å²) in [6.07, 6.45) is 2.10.